The zero-order valence-electron chi connectivity index (χ0n) is 14.7. The van der Waals surface area contributed by atoms with E-state index < -0.39 is 40.6 Å². The van der Waals surface area contributed by atoms with Crippen molar-refractivity contribution in [3.05, 3.63) is 106 Å². The van der Waals surface area contributed by atoms with E-state index in [9.17, 15) is 22.0 Å². The number of benzene rings is 3. The predicted octanol–water partition coefficient (Wildman–Crippen LogP) is 5.40. The molecule has 0 aliphatic rings. The van der Waals surface area contributed by atoms with Crippen LogP contribution >= 0.6 is 0 Å². The highest BCUT2D eigenvalue weighted by Crippen LogP contribution is 2.37. The topological polar surface area (TPSA) is 12.0 Å². The van der Waals surface area contributed by atoms with Crippen LogP contribution in [0.5, 0.6) is 0 Å². The lowest BCUT2D eigenvalue weighted by atomic mass is 9.84. The van der Waals surface area contributed by atoms with E-state index in [0.29, 0.717) is 11.1 Å². The highest BCUT2D eigenvalue weighted by molar-refractivity contribution is 5.44. The van der Waals surface area contributed by atoms with Crippen LogP contribution in [-0.2, 0) is 0 Å². The first kappa shape index (κ1) is 20.6. The third kappa shape index (κ3) is 4.34. The summed E-state index contributed by atoms with van der Waals surface area (Å²) in [7, 11) is 3.75. The van der Waals surface area contributed by atoms with Gasteiger partial charge in [0.15, 0.2) is 23.3 Å². The van der Waals surface area contributed by atoms with Gasteiger partial charge in [-0.05, 0) is 25.2 Å². The van der Waals surface area contributed by atoms with Crippen LogP contribution in [0, 0.1) is 29.1 Å². The number of rotatable bonds is 3. The van der Waals surface area contributed by atoms with Crippen LogP contribution in [0.1, 0.15) is 22.6 Å². The normalized spacial score (nSPS) is 10.5. The molecule has 142 valence electrons. The van der Waals surface area contributed by atoms with E-state index in [1.54, 1.807) is 60.7 Å². The SMILES string of the molecule is CNC.Fc1c(F)c(F)c(C(c2ccccc2)c2ccccc2)c(F)c1F. The van der Waals surface area contributed by atoms with Crippen LogP contribution in [0.3, 0.4) is 0 Å². The van der Waals surface area contributed by atoms with E-state index in [0.717, 1.165) is 0 Å². The summed E-state index contributed by atoms with van der Waals surface area (Å²) in [4.78, 5) is 0. The summed E-state index contributed by atoms with van der Waals surface area (Å²) in [6, 6.07) is 16.3. The van der Waals surface area contributed by atoms with Gasteiger partial charge in [0.1, 0.15) is 0 Å². The molecule has 0 saturated heterocycles. The van der Waals surface area contributed by atoms with Crippen LogP contribution < -0.4 is 5.32 Å². The van der Waals surface area contributed by atoms with E-state index in [1.807, 2.05) is 14.1 Å². The third-order valence-corrected chi connectivity index (χ3v) is 3.80. The Morgan fingerprint density at radius 2 is 0.852 bits per heavy atom. The van der Waals surface area contributed by atoms with Crippen molar-refractivity contribution >= 4 is 0 Å². The van der Waals surface area contributed by atoms with E-state index >= 15 is 0 Å². The van der Waals surface area contributed by atoms with Crippen molar-refractivity contribution in [3.63, 3.8) is 0 Å². The molecule has 3 aromatic rings. The van der Waals surface area contributed by atoms with Crippen LogP contribution in [-0.4, -0.2) is 14.1 Å². The highest BCUT2D eigenvalue weighted by atomic mass is 19.2. The molecular weight excluding hydrogens is 361 g/mol. The number of hydrogen-bond donors (Lipinski definition) is 1. The van der Waals surface area contributed by atoms with Crippen LogP contribution in [0.15, 0.2) is 60.7 Å². The molecule has 0 atom stereocenters. The lowest BCUT2D eigenvalue weighted by Gasteiger charge is -2.20. The maximum Gasteiger partial charge on any atom is 0.200 e. The molecule has 0 spiro atoms. The van der Waals surface area contributed by atoms with Gasteiger partial charge in [-0.25, -0.2) is 22.0 Å². The van der Waals surface area contributed by atoms with Gasteiger partial charge in [-0.15, -0.1) is 0 Å². The second kappa shape index (κ2) is 9.28. The van der Waals surface area contributed by atoms with Gasteiger partial charge in [0, 0.05) is 11.5 Å². The maximum absolute atomic E-state index is 14.3. The van der Waals surface area contributed by atoms with Gasteiger partial charge in [-0.3, -0.25) is 0 Å². The van der Waals surface area contributed by atoms with E-state index in [2.05, 4.69) is 5.32 Å². The third-order valence-electron chi connectivity index (χ3n) is 3.80. The Morgan fingerprint density at radius 1 is 0.556 bits per heavy atom. The zero-order valence-corrected chi connectivity index (χ0v) is 14.7. The number of hydrogen-bond acceptors (Lipinski definition) is 1. The smallest absolute Gasteiger partial charge is 0.200 e. The van der Waals surface area contributed by atoms with Crippen LogP contribution in [0.4, 0.5) is 22.0 Å². The Bertz CT molecular complexity index is 814. The van der Waals surface area contributed by atoms with Gasteiger partial charge >= 0.3 is 0 Å². The van der Waals surface area contributed by atoms with Crippen molar-refractivity contribution in [2.24, 2.45) is 0 Å². The van der Waals surface area contributed by atoms with Crippen molar-refractivity contribution < 1.29 is 22.0 Å². The summed E-state index contributed by atoms with van der Waals surface area (Å²) in [5.74, 6) is -10.8. The van der Waals surface area contributed by atoms with Crippen LogP contribution in [0.2, 0.25) is 0 Å². The fourth-order valence-corrected chi connectivity index (χ4v) is 2.69. The lowest BCUT2D eigenvalue weighted by molar-refractivity contribution is 0.369. The molecule has 0 aliphatic carbocycles. The Labute approximate surface area is 154 Å². The molecule has 0 heterocycles. The summed E-state index contributed by atoms with van der Waals surface area (Å²) in [6.45, 7) is 0. The highest BCUT2D eigenvalue weighted by Gasteiger charge is 2.31. The molecule has 6 heteroatoms. The molecule has 0 amide bonds. The van der Waals surface area contributed by atoms with Crippen molar-refractivity contribution in [3.8, 4) is 0 Å². The van der Waals surface area contributed by atoms with Gasteiger partial charge < -0.3 is 5.32 Å². The van der Waals surface area contributed by atoms with E-state index in [-0.39, 0.29) is 0 Å². The van der Waals surface area contributed by atoms with Gasteiger partial charge in [0.2, 0.25) is 5.82 Å². The van der Waals surface area contributed by atoms with Gasteiger partial charge in [0.05, 0.1) is 0 Å². The Hall–Kier alpha value is -2.73. The molecular formula is C21H18F5N. The summed E-state index contributed by atoms with van der Waals surface area (Å²) in [6.07, 6.45) is 0. The van der Waals surface area contributed by atoms with Crippen molar-refractivity contribution in [2.75, 3.05) is 14.1 Å². The minimum absolute atomic E-state index is 0.423. The second-order valence-corrected chi connectivity index (χ2v) is 5.74. The average Bonchev–Trinajstić information content (AvgIpc) is 2.70. The summed E-state index contributed by atoms with van der Waals surface area (Å²) >= 11 is 0. The van der Waals surface area contributed by atoms with Crippen molar-refractivity contribution in [1.82, 2.24) is 5.32 Å². The summed E-state index contributed by atoms with van der Waals surface area (Å²) in [5.41, 5.74) is -0.0115. The van der Waals surface area contributed by atoms with Gasteiger partial charge in [0.25, 0.3) is 0 Å². The molecule has 27 heavy (non-hydrogen) atoms. The van der Waals surface area contributed by atoms with Gasteiger partial charge in [-0.1, -0.05) is 60.7 Å². The molecule has 0 saturated carbocycles. The zero-order chi connectivity index (χ0) is 20.0. The van der Waals surface area contributed by atoms with Crippen molar-refractivity contribution in [2.45, 2.75) is 5.92 Å². The molecule has 0 aliphatic heterocycles. The molecule has 0 bridgehead atoms. The fraction of sp³-hybridized carbons (Fsp3) is 0.143. The fourth-order valence-electron chi connectivity index (χ4n) is 2.69. The first-order valence-electron chi connectivity index (χ1n) is 8.13. The molecule has 1 nitrogen and oxygen atoms in total. The number of nitrogens with one attached hydrogen (secondary N) is 1. The summed E-state index contributed by atoms with van der Waals surface area (Å²) < 4.78 is 69.2. The first-order chi connectivity index (χ1) is 12.9. The van der Waals surface area contributed by atoms with E-state index in [4.69, 9.17) is 0 Å². The molecule has 0 radical (unpaired) electrons. The first-order valence-corrected chi connectivity index (χ1v) is 8.13. The lowest BCUT2D eigenvalue weighted by Crippen LogP contribution is -2.13. The van der Waals surface area contributed by atoms with Crippen LogP contribution in [0.25, 0.3) is 0 Å². The predicted molar refractivity (Wildman–Crippen MR) is 95.0 cm³/mol. The molecule has 0 aromatic heterocycles. The minimum Gasteiger partial charge on any atom is -0.323 e. The van der Waals surface area contributed by atoms with E-state index in [1.165, 1.54) is 0 Å². The standard InChI is InChI=1S/C19H11F5.C2H7N/c20-15-14(16(21)18(23)19(24)17(15)22)13(11-7-3-1-4-8-11)12-9-5-2-6-10-12;1-3-2/h1-10,13H;3H,1-2H3. The molecule has 0 unspecified atom stereocenters. The maximum atomic E-state index is 14.3. The Balaban J connectivity index is 0.000000817. The Morgan fingerprint density at radius 3 is 1.19 bits per heavy atom. The largest absolute Gasteiger partial charge is 0.323 e. The van der Waals surface area contributed by atoms with Crippen molar-refractivity contribution in [1.29, 1.82) is 0 Å². The second-order valence-electron chi connectivity index (χ2n) is 5.74. The Kier molecular flexibility index (Phi) is 7.07. The molecule has 3 aromatic carbocycles. The molecule has 0 fully saturated rings. The minimum atomic E-state index is -2.16. The van der Waals surface area contributed by atoms with Gasteiger partial charge in [-0.2, -0.15) is 0 Å². The summed E-state index contributed by atoms with van der Waals surface area (Å²) in [5, 5.41) is 2.75. The quantitative estimate of drug-likeness (QED) is 0.278. The number of halogens is 5. The average molecular weight is 379 g/mol. The molecule has 3 rings (SSSR count). The monoisotopic (exact) mass is 379 g/mol. The molecule has 1 N–H and O–H groups in total.